The number of aliphatic hydroxyl groups excluding tert-OH is 1. The molecule has 0 saturated carbocycles. The molecule has 13 heavy (non-hydrogen) atoms. The number of nitrogens with zero attached hydrogens (tertiary/aromatic N) is 2. The number of hydrogen-bond acceptors (Lipinski definition) is 2. The number of rotatable bonds is 1. The SMILES string of the molecule is CC(C)n1ncc2c1CC[C@@H](O)C2. The van der Waals surface area contributed by atoms with Gasteiger partial charge in [-0.2, -0.15) is 5.10 Å². The highest BCUT2D eigenvalue weighted by Crippen LogP contribution is 2.23. The maximum absolute atomic E-state index is 9.47. The van der Waals surface area contributed by atoms with E-state index in [0.29, 0.717) is 6.04 Å². The van der Waals surface area contributed by atoms with E-state index in [0.717, 1.165) is 19.3 Å². The van der Waals surface area contributed by atoms with Crippen LogP contribution in [-0.2, 0) is 12.8 Å². The lowest BCUT2D eigenvalue weighted by Crippen LogP contribution is -2.20. The van der Waals surface area contributed by atoms with Crippen molar-refractivity contribution in [3.63, 3.8) is 0 Å². The second kappa shape index (κ2) is 3.14. The molecule has 1 aromatic rings. The van der Waals surface area contributed by atoms with Gasteiger partial charge in [-0.1, -0.05) is 0 Å². The van der Waals surface area contributed by atoms with Gasteiger partial charge in [0.15, 0.2) is 0 Å². The van der Waals surface area contributed by atoms with Gasteiger partial charge < -0.3 is 5.11 Å². The Morgan fingerprint density at radius 1 is 1.62 bits per heavy atom. The number of hydrogen-bond donors (Lipinski definition) is 1. The van der Waals surface area contributed by atoms with Crippen LogP contribution >= 0.6 is 0 Å². The van der Waals surface area contributed by atoms with Crippen molar-refractivity contribution in [3.05, 3.63) is 17.5 Å². The molecule has 0 amide bonds. The molecule has 1 N–H and O–H groups in total. The molecular weight excluding hydrogens is 164 g/mol. The van der Waals surface area contributed by atoms with Crippen LogP contribution in [0.25, 0.3) is 0 Å². The van der Waals surface area contributed by atoms with Crippen molar-refractivity contribution in [2.24, 2.45) is 0 Å². The molecule has 1 aromatic heterocycles. The van der Waals surface area contributed by atoms with Crippen molar-refractivity contribution in [3.8, 4) is 0 Å². The van der Waals surface area contributed by atoms with E-state index in [1.165, 1.54) is 11.3 Å². The highest BCUT2D eigenvalue weighted by Gasteiger charge is 2.21. The second-order valence-electron chi connectivity index (χ2n) is 4.05. The largest absolute Gasteiger partial charge is 0.393 e. The minimum absolute atomic E-state index is 0.155. The van der Waals surface area contributed by atoms with E-state index in [1.54, 1.807) is 0 Å². The summed E-state index contributed by atoms with van der Waals surface area (Å²) in [6, 6.07) is 0.430. The van der Waals surface area contributed by atoms with Crippen molar-refractivity contribution in [2.75, 3.05) is 0 Å². The van der Waals surface area contributed by atoms with Gasteiger partial charge in [0.1, 0.15) is 0 Å². The van der Waals surface area contributed by atoms with E-state index in [4.69, 9.17) is 0 Å². The summed E-state index contributed by atoms with van der Waals surface area (Å²) in [4.78, 5) is 0. The summed E-state index contributed by atoms with van der Waals surface area (Å²) in [7, 11) is 0. The summed E-state index contributed by atoms with van der Waals surface area (Å²) < 4.78 is 2.07. The Bertz CT molecular complexity index is 304. The Kier molecular flexibility index (Phi) is 2.12. The molecule has 0 unspecified atom stereocenters. The first-order chi connectivity index (χ1) is 6.18. The van der Waals surface area contributed by atoms with Crippen LogP contribution in [0.3, 0.4) is 0 Å². The Hall–Kier alpha value is -0.830. The van der Waals surface area contributed by atoms with Crippen LogP contribution in [0.5, 0.6) is 0 Å². The third-order valence-electron chi connectivity index (χ3n) is 2.64. The molecule has 2 rings (SSSR count). The molecule has 0 saturated heterocycles. The van der Waals surface area contributed by atoms with Gasteiger partial charge in [0.25, 0.3) is 0 Å². The first kappa shape index (κ1) is 8.75. The third-order valence-corrected chi connectivity index (χ3v) is 2.64. The van der Waals surface area contributed by atoms with E-state index in [1.807, 2.05) is 6.20 Å². The first-order valence-corrected chi connectivity index (χ1v) is 4.92. The smallest absolute Gasteiger partial charge is 0.0585 e. The topological polar surface area (TPSA) is 38.0 Å². The van der Waals surface area contributed by atoms with Crippen LogP contribution < -0.4 is 0 Å². The summed E-state index contributed by atoms with van der Waals surface area (Å²) in [6.45, 7) is 4.27. The summed E-state index contributed by atoms with van der Waals surface area (Å²) in [6.07, 6.45) is 4.37. The quantitative estimate of drug-likeness (QED) is 0.707. The van der Waals surface area contributed by atoms with Crippen LogP contribution in [0.15, 0.2) is 6.20 Å². The number of fused-ring (bicyclic) bond motifs is 1. The zero-order chi connectivity index (χ0) is 9.42. The minimum Gasteiger partial charge on any atom is -0.393 e. The second-order valence-corrected chi connectivity index (χ2v) is 4.05. The molecule has 3 heteroatoms. The average Bonchev–Trinajstić information content (AvgIpc) is 2.46. The molecule has 3 nitrogen and oxygen atoms in total. The maximum atomic E-state index is 9.47. The highest BCUT2D eigenvalue weighted by molar-refractivity contribution is 5.22. The highest BCUT2D eigenvalue weighted by atomic mass is 16.3. The molecule has 1 aliphatic rings. The van der Waals surface area contributed by atoms with Gasteiger partial charge in [0.2, 0.25) is 0 Å². The molecule has 0 fully saturated rings. The molecule has 1 heterocycles. The molecule has 0 bridgehead atoms. The summed E-state index contributed by atoms with van der Waals surface area (Å²) in [5.74, 6) is 0. The van der Waals surface area contributed by atoms with E-state index < -0.39 is 0 Å². The Morgan fingerprint density at radius 3 is 3.08 bits per heavy atom. The van der Waals surface area contributed by atoms with E-state index in [2.05, 4.69) is 23.6 Å². The lowest BCUT2D eigenvalue weighted by atomic mass is 9.95. The normalized spacial score (nSPS) is 22.0. The predicted molar refractivity (Wildman–Crippen MR) is 50.6 cm³/mol. The zero-order valence-corrected chi connectivity index (χ0v) is 8.20. The monoisotopic (exact) mass is 180 g/mol. The lowest BCUT2D eigenvalue weighted by molar-refractivity contribution is 0.157. The summed E-state index contributed by atoms with van der Waals surface area (Å²) in [5.41, 5.74) is 2.55. The molecule has 1 aliphatic carbocycles. The average molecular weight is 180 g/mol. The van der Waals surface area contributed by atoms with Crippen LogP contribution in [0.1, 0.15) is 37.6 Å². The zero-order valence-electron chi connectivity index (χ0n) is 8.20. The molecule has 1 atom stereocenters. The fourth-order valence-corrected chi connectivity index (χ4v) is 1.97. The van der Waals surface area contributed by atoms with Crippen molar-refractivity contribution in [1.29, 1.82) is 0 Å². The van der Waals surface area contributed by atoms with Crippen LogP contribution in [-0.4, -0.2) is 21.0 Å². The number of aromatic nitrogens is 2. The van der Waals surface area contributed by atoms with Gasteiger partial charge in [-0.25, -0.2) is 0 Å². The van der Waals surface area contributed by atoms with Crippen LogP contribution in [0, 0.1) is 0 Å². The molecular formula is C10H16N2O. The van der Waals surface area contributed by atoms with Crippen molar-refractivity contribution < 1.29 is 5.11 Å². The van der Waals surface area contributed by atoms with E-state index >= 15 is 0 Å². The lowest BCUT2D eigenvalue weighted by Gasteiger charge is -2.19. The first-order valence-electron chi connectivity index (χ1n) is 4.92. The van der Waals surface area contributed by atoms with Crippen LogP contribution in [0.4, 0.5) is 0 Å². The van der Waals surface area contributed by atoms with Gasteiger partial charge in [-0.15, -0.1) is 0 Å². The van der Waals surface area contributed by atoms with Crippen molar-refractivity contribution in [1.82, 2.24) is 9.78 Å². The van der Waals surface area contributed by atoms with E-state index in [-0.39, 0.29) is 6.10 Å². The molecule has 0 aromatic carbocycles. The Morgan fingerprint density at radius 2 is 2.38 bits per heavy atom. The Balaban J connectivity index is 2.33. The minimum atomic E-state index is -0.155. The van der Waals surface area contributed by atoms with E-state index in [9.17, 15) is 5.11 Å². The van der Waals surface area contributed by atoms with Gasteiger partial charge in [0.05, 0.1) is 12.3 Å². The summed E-state index contributed by atoms with van der Waals surface area (Å²) in [5, 5.41) is 13.8. The number of aliphatic hydroxyl groups is 1. The standard InChI is InChI=1S/C10H16N2O/c1-7(2)12-10-4-3-9(13)5-8(10)6-11-12/h6-7,9,13H,3-5H2,1-2H3/t9-/m1/s1. The molecule has 0 spiro atoms. The predicted octanol–water partition coefficient (Wildman–Crippen LogP) is 1.31. The van der Waals surface area contributed by atoms with Crippen molar-refractivity contribution >= 4 is 0 Å². The molecule has 0 aliphatic heterocycles. The van der Waals surface area contributed by atoms with Gasteiger partial charge in [0, 0.05) is 18.2 Å². The molecule has 72 valence electrons. The van der Waals surface area contributed by atoms with Crippen LogP contribution in [0.2, 0.25) is 0 Å². The maximum Gasteiger partial charge on any atom is 0.0585 e. The van der Waals surface area contributed by atoms with Crippen molar-refractivity contribution in [2.45, 2.75) is 45.3 Å². The fourth-order valence-electron chi connectivity index (χ4n) is 1.97. The summed E-state index contributed by atoms with van der Waals surface area (Å²) >= 11 is 0. The van der Waals surface area contributed by atoms with Gasteiger partial charge in [-0.05, 0) is 32.3 Å². The molecule has 0 radical (unpaired) electrons. The fraction of sp³-hybridized carbons (Fsp3) is 0.700. The van der Waals surface area contributed by atoms with Gasteiger partial charge in [-0.3, -0.25) is 4.68 Å². The Labute approximate surface area is 78.4 Å². The van der Waals surface area contributed by atoms with Gasteiger partial charge >= 0.3 is 0 Å². The third kappa shape index (κ3) is 1.48.